The second-order valence-corrected chi connectivity index (χ2v) is 5.82. The number of carbonyl (C=O) groups is 1. The van der Waals surface area contributed by atoms with E-state index in [1.807, 2.05) is 0 Å². The number of nitrogens with zero attached hydrogens (tertiary/aromatic N) is 1. The van der Waals surface area contributed by atoms with Crippen LogP contribution in [0.3, 0.4) is 0 Å². The van der Waals surface area contributed by atoms with Crippen molar-refractivity contribution in [3.05, 3.63) is 89.4 Å². The van der Waals surface area contributed by atoms with E-state index >= 15 is 0 Å². The van der Waals surface area contributed by atoms with E-state index in [2.05, 4.69) is 15.6 Å². The predicted octanol–water partition coefficient (Wildman–Crippen LogP) is 4.41. The van der Waals surface area contributed by atoms with Crippen LogP contribution < -0.4 is 10.6 Å². The van der Waals surface area contributed by atoms with Gasteiger partial charge < -0.3 is 10.6 Å². The fourth-order valence-corrected chi connectivity index (χ4v) is 2.40. The Morgan fingerprint density at radius 3 is 2.37 bits per heavy atom. The van der Waals surface area contributed by atoms with Gasteiger partial charge in [0.1, 0.15) is 11.6 Å². The molecule has 0 fully saturated rings. The predicted molar refractivity (Wildman–Crippen MR) is 97.1 cm³/mol. The highest BCUT2D eigenvalue weighted by atomic mass is 19.2. The van der Waals surface area contributed by atoms with Crippen LogP contribution in [0.15, 0.2) is 60.8 Å². The van der Waals surface area contributed by atoms with Crippen LogP contribution in [0.4, 0.5) is 24.7 Å². The molecular formula is C20H16F3N3O. The minimum Gasteiger partial charge on any atom is -0.370 e. The molecule has 0 bridgehead atoms. The van der Waals surface area contributed by atoms with E-state index in [0.29, 0.717) is 24.5 Å². The van der Waals surface area contributed by atoms with Crippen LogP contribution in [0, 0.1) is 17.5 Å². The molecule has 4 nitrogen and oxygen atoms in total. The van der Waals surface area contributed by atoms with Gasteiger partial charge in [0.15, 0.2) is 11.6 Å². The maximum absolute atomic E-state index is 13.2. The highest BCUT2D eigenvalue weighted by molar-refractivity contribution is 6.04. The number of aromatic nitrogens is 1. The molecule has 0 atom stereocenters. The van der Waals surface area contributed by atoms with E-state index in [-0.39, 0.29) is 11.4 Å². The summed E-state index contributed by atoms with van der Waals surface area (Å²) in [5, 5.41) is 5.69. The Morgan fingerprint density at radius 1 is 0.926 bits per heavy atom. The molecule has 2 aromatic carbocycles. The van der Waals surface area contributed by atoms with Crippen molar-refractivity contribution in [3.63, 3.8) is 0 Å². The average Bonchev–Trinajstić information content (AvgIpc) is 2.67. The summed E-state index contributed by atoms with van der Waals surface area (Å²) in [7, 11) is 0. The maximum Gasteiger partial charge on any atom is 0.255 e. The van der Waals surface area contributed by atoms with Gasteiger partial charge in [-0.1, -0.05) is 12.1 Å². The average molecular weight is 371 g/mol. The molecule has 3 aromatic rings. The van der Waals surface area contributed by atoms with E-state index in [4.69, 9.17) is 0 Å². The molecule has 138 valence electrons. The Labute approximate surface area is 154 Å². The molecule has 0 aliphatic rings. The van der Waals surface area contributed by atoms with Crippen LogP contribution >= 0.6 is 0 Å². The van der Waals surface area contributed by atoms with Crippen LogP contribution in [0.2, 0.25) is 0 Å². The van der Waals surface area contributed by atoms with Crippen LogP contribution in [0.25, 0.3) is 0 Å². The van der Waals surface area contributed by atoms with Gasteiger partial charge in [-0.05, 0) is 54.4 Å². The van der Waals surface area contributed by atoms with E-state index in [1.54, 1.807) is 24.3 Å². The first-order valence-electron chi connectivity index (χ1n) is 8.22. The summed E-state index contributed by atoms with van der Waals surface area (Å²) in [6.07, 6.45) is 2.16. The summed E-state index contributed by atoms with van der Waals surface area (Å²) in [6.45, 7) is 0.610. The standard InChI is InChI=1S/C20H16F3N3O/c21-15-4-1-13(2-5-15)9-10-24-19-8-6-16(12-25-19)26-20(27)14-3-7-17(22)18(23)11-14/h1-8,11-12H,9-10H2,(H,24,25)(H,26,27). The SMILES string of the molecule is O=C(Nc1ccc(NCCc2ccc(F)cc2)nc1)c1ccc(F)c(F)c1. The number of nitrogens with one attached hydrogen (secondary N) is 2. The largest absolute Gasteiger partial charge is 0.370 e. The van der Waals surface area contributed by atoms with Gasteiger partial charge in [-0.2, -0.15) is 0 Å². The number of hydrogen-bond donors (Lipinski definition) is 2. The van der Waals surface area contributed by atoms with Gasteiger partial charge in [-0.25, -0.2) is 18.2 Å². The zero-order valence-electron chi connectivity index (χ0n) is 14.2. The van der Waals surface area contributed by atoms with Gasteiger partial charge in [0.25, 0.3) is 5.91 Å². The summed E-state index contributed by atoms with van der Waals surface area (Å²) in [5.41, 5.74) is 1.43. The molecule has 1 heterocycles. The lowest BCUT2D eigenvalue weighted by molar-refractivity contribution is 0.102. The van der Waals surface area contributed by atoms with Crippen molar-refractivity contribution in [1.82, 2.24) is 4.98 Å². The number of pyridine rings is 1. The number of anilines is 2. The molecule has 0 saturated carbocycles. The van der Waals surface area contributed by atoms with Gasteiger partial charge in [0.2, 0.25) is 0 Å². The molecule has 1 amide bonds. The lowest BCUT2D eigenvalue weighted by atomic mass is 10.1. The summed E-state index contributed by atoms with van der Waals surface area (Å²) < 4.78 is 39.0. The molecule has 0 aliphatic heterocycles. The second-order valence-electron chi connectivity index (χ2n) is 5.82. The van der Waals surface area contributed by atoms with Crippen LogP contribution in [-0.2, 0) is 6.42 Å². The Kier molecular flexibility index (Phi) is 5.71. The molecule has 0 radical (unpaired) electrons. The van der Waals surface area contributed by atoms with Gasteiger partial charge in [-0.15, -0.1) is 0 Å². The Balaban J connectivity index is 1.52. The Morgan fingerprint density at radius 2 is 1.70 bits per heavy atom. The van der Waals surface area contributed by atoms with Crippen LogP contribution in [-0.4, -0.2) is 17.4 Å². The van der Waals surface area contributed by atoms with Crippen molar-refractivity contribution < 1.29 is 18.0 Å². The Hall–Kier alpha value is -3.35. The minimum absolute atomic E-state index is 0.00963. The number of benzene rings is 2. The van der Waals surface area contributed by atoms with Crippen molar-refractivity contribution in [3.8, 4) is 0 Å². The molecule has 27 heavy (non-hydrogen) atoms. The summed E-state index contributed by atoms with van der Waals surface area (Å²) in [6, 6.07) is 12.5. The van der Waals surface area contributed by atoms with E-state index in [0.717, 1.165) is 17.7 Å². The third-order valence-electron chi connectivity index (χ3n) is 3.84. The first-order chi connectivity index (χ1) is 13.0. The zero-order valence-corrected chi connectivity index (χ0v) is 14.2. The highest BCUT2D eigenvalue weighted by Gasteiger charge is 2.10. The number of hydrogen-bond acceptors (Lipinski definition) is 3. The lowest BCUT2D eigenvalue weighted by Gasteiger charge is -2.08. The van der Waals surface area contributed by atoms with E-state index < -0.39 is 17.5 Å². The molecule has 1 aromatic heterocycles. The molecule has 7 heteroatoms. The molecule has 0 aliphatic carbocycles. The summed E-state index contributed by atoms with van der Waals surface area (Å²) >= 11 is 0. The number of halogens is 3. The number of carbonyl (C=O) groups excluding carboxylic acids is 1. The monoisotopic (exact) mass is 371 g/mol. The van der Waals surface area contributed by atoms with Crippen molar-refractivity contribution in [2.75, 3.05) is 17.2 Å². The van der Waals surface area contributed by atoms with Gasteiger partial charge in [-0.3, -0.25) is 4.79 Å². The summed E-state index contributed by atoms with van der Waals surface area (Å²) in [5.74, 6) is -2.31. The Bertz CT molecular complexity index is 928. The highest BCUT2D eigenvalue weighted by Crippen LogP contribution is 2.14. The third kappa shape index (κ3) is 5.07. The molecule has 0 spiro atoms. The molecule has 3 rings (SSSR count). The van der Waals surface area contributed by atoms with Crippen molar-refractivity contribution in [2.45, 2.75) is 6.42 Å². The fraction of sp³-hybridized carbons (Fsp3) is 0.100. The van der Waals surface area contributed by atoms with Crippen molar-refractivity contribution in [1.29, 1.82) is 0 Å². The molecule has 2 N–H and O–H groups in total. The first kappa shape index (κ1) is 18.4. The van der Waals surface area contributed by atoms with Gasteiger partial charge in [0.05, 0.1) is 11.9 Å². The fourth-order valence-electron chi connectivity index (χ4n) is 2.40. The maximum atomic E-state index is 13.2. The molecular weight excluding hydrogens is 355 g/mol. The third-order valence-corrected chi connectivity index (χ3v) is 3.84. The zero-order chi connectivity index (χ0) is 19.2. The van der Waals surface area contributed by atoms with Crippen LogP contribution in [0.1, 0.15) is 15.9 Å². The number of amides is 1. The van der Waals surface area contributed by atoms with E-state index in [1.165, 1.54) is 24.4 Å². The smallest absolute Gasteiger partial charge is 0.255 e. The van der Waals surface area contributed by atoms with Crippen LogP contribution in [0.5, 0.6) is 0 Å². The lowest BCUT2D eigenvalue weighted by Crippen LogP contribution is -2.13. The van der Waals surface area contributed by atoms with Crippen molar-refractivity contribution in [2.24, 2.45) is 0 Å². The van der Waals surface area contributed by atoms with Crippen molar-refractivity contribution >= 4 is 17.4 Å². The minimum atomic E-state index is -1.08. The van der Waals surface area contributed by atoms with Gasteiger partial charge >= 0.3 is 0 Å². The van der Waals surface area contributed by atoms with E-state index in [9.17, 15) is 18.0 Å². The normalized spacial score (nSPS) is 10.5. The quantitative estimate of drug-likeness (QED) is 0.675. The summed E-state index contributed by atoms with van der Waals surface area (Å²) in [4.78, 5) is 16.2. The molecule has 0 unspecified atom stereocenters. The molecule has 0 saturated heterocycles. The van der Waals surface area contributed by atoms with Gasteiger partial charge in [0, 0.05) is 12.1 Å². The number of rotatable bonds is 6. The first-order valence-corrected chi connectivity index (χ1v) is 8.22. The second kappa shape index (κ2) is 8.35. The topological polar surface area (TPSA) is 54.0 Å².